The van der Waals surface area contributed by atoms with Gasteiger partial charge in [-0.3, -0.25) is 0 Å². The Hall–Kier alpha value is 6.47. The van der Waals surface area contributed by atoms with Gasteiger partial charge in [0.25, 0.3) is 0 Å². The van der Waals surface area contributed by atoms with Crippen molar-refractivity contribution in [2.24, 2.45) is 0 Å². The fraction of sp³-hybridized carbons (Fsp3) is 0. The van der Waals surface area contributed by atoms with Gasteiger partial charge < -0.3 is 0 Å². The Morgan fingerprint density at radius 2 is 1.00 bits per heavy atom. The first-order valence-corrected chi connectivity index (χ1v) is 0. The Kier molecular flexibility index (Phi) is 969. The van der Waals surface area contributed by atoms with Gasteiger partial charge in [0.15, 0.2) is 17.4 Å². The van der Waals surface area contributed by atoms with Gasteiger partial charge in [-0.25, -0.2) is 0 Å². The van der Waals surface area contributed by atoms with Crippen LogP contribution in [0.3, 0.4) is 0 Å². The van der Waals surface area contributed by atoms with Crippen molar-refractivity contribution < 1.29 is 147 Å². The van der Waals surface area contributed by atoms with Crippen LogP contribution in [0.5, 0.6) is 0 Å². The summed E-state index contributed by atoms with van der Waals surface area (Å²) >= 11 is 0. The average Bonchev–Trinajstić information content (AvgIpc) is 0. The van der Waals surface area contributed by atoms with Crippen molar-refractivity contribution in [1.29, 1.82) is 0 Å². The van der Waals surface area contributed by atoms with Crippen molar-refractivity contribution in [3.8, 4) is 0 Å². The summed E-state index contributed by atoms with van der Waals surface area (Å²) in [5, 5.41) is 0. The predicted molar refractivity (Wildman–Crippen MR) is 29.6 cm³/mol. The van der Waals surface area contributed by atoms with Crippen LogP contribution in [0.1, 0.15) is 0 Å². The van der Waals surface area contributed by atoms with Gasteiger partial charge in [0.05, 0.1) is 0 Å². The quantitative estimate of drug-likeness (QED) is 0.199. The number of hydrogen-bond acceptors (Lipinski definition) is 0. The first-order valence-electron chi connectivity index (χ1n) is 0. The molecule has 0 aliphatic carbocycles. The summed E-state index contributed by atoms with van der Waals surface area (Å²) in [5.74, 6) is 0. The van der Waals surface area contributed by atoms with Crippen molar-refractivity contribution in [1.82, 2.24) is 0 Å². The van der Waals surface area contributed by atoms with Crippen LogP contribution in [0, 0.1) is 0 Å². The van der Waals surface area contributed by atoms with E-state index in [0.717, 1.165) is 0 Å². The van der Waals surface area contributed by atoms with E-state index in [0.29, 0.717) is 0 Å². The molecule has 0 N–H and O–H groups in total. The number of rotatable bonds is 0. The van der Waals surface area contributed by atoms with Gasteiger partial charge >= 0.3 is 27.3 Å². The molecule has 0 nitrogen and oxygen atoms in total. The Morgan fingerprint density at radius 1 is 1.00 bits per heavy atom. The van der Waals surface area contributed by atoms with Crippen LogP contribution in [0.2, 0.25) is 0 Å². The molecule has 0 aliphatic heterocycles. The zero-order chi connectivity index (χ0) is 0. The molecule has 0 rings (SSSR count). The predicted octanol–water partition coefficient (Wildman–Crippen LogP) is -2.06. The van der Waals surface area contributed by atoms with E-state index in [9.17, 15) is 0 Å². The maximum atomic E-state index is 0. The molecule has 0 aromatic carbocycles. The summed E-state index contributed by atoms with van der Waals surface area (Å²) in [5.41, 5.74) is 0. The molecule has 0 aromatic heterocycles. The molecule has 0 spiro atoms. The molecule has 0 bridgehead atoms. The Morgan fingerprint density at radius 3 is 1.00 bits per heavy atom. The summed E-state index contributed by atoms with van der Waals surface area (Å²) in [6, 6.07) is 0. The minimum absolute atomic E-state index is 0. The van der Waals surface area contributed by atoms with Crippen molar-refractivity contribution in [3.63, 3.8) is 0 Å². The largest absolute Gasteiger partial charge is 0 e. The van der Waals surface area contributed by atoms with Crippen LogP contribution < -0.4 is 0 Å². The fourth-order valence-corrected chi connectivity index (χ4v) is 0. The molecule has 0 heterocycles. The van der Waals surface area contributed by atoms with Gasteiger partial charge in [0, 0.05) is 147 Å². The van der Waals surface area contributed by atoms with Crippen molar-refractivity contribution >= 4 is 54.6 Å². The standard InChI is InChI=1S/Al.Co.Cr.Cu.Fe.Mn.Ni.H3P.Pb.Sc.Zn.5H/h;;;;;;;1H3;;;;;;;;. The van der Waals surface area contributed by atoms with E-state index in [1.807, 2.05) is 0 Å². The van der Waals surface area contributed by atoms with Crippen LogP contribution in [0.4, 0.5) is 0 Å². The summed E-state index contributed by atoms with van der Waals surface area (Å²) in [6.45, 7) is 0. The molecular weight excluding hydrogens is 719 g/mol. The summed E-state index contributed by atoms with van der Waals surface area (Å²) < 4.78 is 0. The molecular formula is H8AlCoCrCuFeMnNiPPbScZn. The first-order chi connectivity index (χ1) is 0. The van der Waals surface area contributed by atoms with E-state index >= 15 is 0 Å². The third kappa shape index (κ3) is 82.4. The molecule has 0 aromatic rings. The smallest absolute Gasteiger partial charge is 0 e. The average molecular weight is 728 g/mol. The zero-order valence-corrected chi connectivity index (χ0v) is 23.0. The molecule has 76 valence electrons. The summed E-state index contributed by atoms with van der Waals surface area (Å²) in [7, 11) is 0. The van der Waals surface area contributed by atoms with Gasteiger partial charge in [0.2, 0.25) is 0 Å². The van der Waals surface area contributed by atoms with E-state index in [2.05, 4.69) is 0 Å². The molecule has 6 radical (unpaired) electrons. The van der Waals surface area contributed by atoms with Crippen LogP contribution in [-0.4, -0.2) is 44.7 Å². The fourth-order valence-electron chi connectivity index (χ4n) is 0. The minimum atomic E-state index is 0. The maximum absolute atomic E-state index is 0. The second-order valence-corrected chi connectivity index (χ2v) is 0. The normalized spacial score (nSPS) is 0. The minimum Gasteiger partial charge on any atom is 0 e. The molecule has 1 unspecified atom stereocenters. The van der Waals surface area contributed by atoms with Crippen molar-refractivity contribution in [3.05, 3.63) is 0 Å². The van der Waals surface area contributed by atoms with Gasteiger partial charge in [-0.05, 0) is 0 Å². The monoisotopic (exact) mass is 725 g/mol. The Bertz CT molecular complexity index is 38.1. The zero-order valence-electron chi connectivity index (χ0n) is 4.79. The van der Waals surface area contributed by atoms with E-state index < -0.39 is 0 Å². The summed E-state index contributed by atoms with van der Waals surface area (Å²) in [6.07, 6.45) is 0. The molecule has 0 amide bonds. The molecule has 0 aliphatic rings. The van der Waals surface area contributed by atoms with E-state index in [1.165, 1.54) is 0 Å². The third-order valence-electron chi connectivity index (χ3n) is 0. The second-order valence-electron chi connectivity index (χ2n) is 0. The van der Waals surface area contributed by atoms with Gasteiger partial charge in [0.1, 0.15) is 0 Å². The molecule has 0 fully saturated rings. The molecule has 11 heteroatoms. The molecule has 11 heavy (non-hydrogen) atoms. The van der Waals surface area contributed by atoms with Crippen LogP contribution in [0.15, 0.2) is 0 Å². The first kappa shape index (κ1) is 113. The molecule has 0 saturated heterocycles. The van der Waals surface area contributed by atoms with Crippen LogP contribution in [-0.2, 0) is 147 Å². The second kappa shape index (κ2) is 94.2. The van der Waals surface area contributed by atoms with E-state index in [4.69, 9.17) is 0 Å². The van der Waals surface area contributed by atoms with Gasteiger partial charge in [-0.2, -0.15) is 9.90 Å². The van der Waals surface area contributed by atoms with Crippen LogP contribution >= 0.6 is 9.90 Å². The topological polar surface area (TPSA) is 0 Å². The number of hydrogen-bond donors (Lipinski definition) is 0. The molecule has 0 saturated carbocycles. The Balaban J connectivity index is 0. The molecule has 1 atom stereocenters. The summed E-state index contributed by atoms with van der Waals surface area (Å²) in [4.78, 5) is 0. The van der Waals surface area contributed by atoms with Crippen LogP contribution in [0.25, 0.3) is 0 Å². The van der Waals surface area contributed by atoms with E-state index in [-0.39, 0.29) is 202 Å². The maximum Gasteiger partial charge on any atom is 0 e. The van der Waals surface area contributed by atoms with Gasteiger partial charge in [-0.15, -0.1) is 0 Å². The van der Waals surface area contributed by atoms with Crippen molar-refractivity contribution in [2.75, 3.05) is 0 Å². The Labute approximate surface area is 197 Å². The third-order valence-corrected chi connectivity index (χ3v) is 0. The SMILES string of the molecule is P.[AlH3].[Co].[Cr].[Cu].[Fe].[Mn].[Ni].[PbH2].[Sc].[Zn]. The van der Waals surface area contributed by atoms with Gasteiger partial charge in [-0.1, -0.05) is 0 Å². The van der Waals surface area contributed by atoms with E-state index in [1.54, 1.807) is 0 Å². The van der Waals surface area contributed by atoms with Crippen molar-refractivity contribution in [2.45, 2.75) is 0 Å².